The topological polar surface area (TPSA) is 65.2 Å². The number of rotatable bonds is 4. The Labute approximate surface area is 109 Å². The third-order valence-corrected chi connectivity index (χ3v) is 5.34. The van der Waals surface area contributed by atoms with Gasteiger partial charge in [-0.25, -0.2) is 8.42 Å². The second-order valence-corrected chi connectivity index (χ2v) is 6.92. The van der Waals surface area contributed by atoms with Crippen molar-refractivity contribution in [1.29, 1.82) is 0 Å². The Morgan fingerprint density at radius 3 is 2.72 bits per heavy atom. The van der Waals surface area contributed by atoms with Crippen molar-refractivity contribution in [3.05, 3.63) is 18.0 Å². The SMILES string of the molecule is CNCc1cc(S(=O)(=O)N2CCC(C)CC2)c[nH]1. The molecule has 1 aromatic heterocycles. The van der Waals surface area contributed by atoms with E-state index in [1.165, 1.54) is 0 Å². The van der Waals surface area contributed by atoms with Gasteiger partial charge in [-0.3, -0.25) is 0 Å². The van der Waals surface area contributed by atoms with Gasteiger partial charge in [0.1, 0.15) is 0 Å². The van der Waals surface area contributed by atoms with Crippen LogP contribution >= 0.6 is 0 Å². The van der Waals surface area contributed by atoms with Crippen LogP contribution < -0.4 is 5.32 Å². The fraction of sp³-hybridized carbons (Fsp3) is 0.667. The molecule has 6 heteroatoms. The Morgan fingerprint density at radius 1 is 1.44 bits per heavy atom. The Bertz CT molecular complexity index is 487. The minimum absolute atomic E-state index is 0.377. The molecule has 2 N–H and O–H groups in total. The quantitative estimate of drug-likeness (QED) is 0.863. The molecule has 0 spiro atoms. The minimum atomic E-state index is -3.31. The standard InChI is InChI=1S/C12H21N3O2S/c1-10-3-5-15(6-4-10)18(16,17)12-7-11(8-13-2)14-9-12/h7,9-10,13-14H,3-6,8H2,1-2H3. The Kier molecular flexibility index (Phi) is 4.09. The number of nitrogens with one attached hydrogen (secondary N) is 2. The van der Waals surface area contributed by atoms with Crippen LogP contribution in [0.4, 0.5) is 0 Å². The van der Waals surface area contributed by atoms with E-state index >= 15 is 0 Å². The summed E-state index contributed by atoms with van der Waals surface area (Å²) in [6, 6.07) is 1.71. The van der Waals surface area contributed by atoms with E-state index in [-0.39, 0.29) is 0 Å². The largest absolute Gasteiger partial charge is 0.363 e. The predicted molar refractivity (Wildman–Crippen MR) is 70.7 cm³/mol. The van der Waals surface area contributed by atoms with Gasteiger partial charge in [0.05, 0.1) is 4.90 Å². The highest BCUT2D eigenvalue weighted by molar-refractivity contribution is 7.89. The molecule has 5 nitrogen and oxygen atoms in total. The molecule has 0 aromatic carbocycles. The molecule has 0 radical (unpaired) electrons. The lowest BCUT2D eigenvalue weighted by Crippen LogP contribution is -2.37. The van der Waals surface area contributed by atoms with Gasteiger partial charge in [-0.2, -0.15) is 4.31 Å². The number of aromatic nitrogens is 1. The number of hydrogen-bond donors (Lipinski definition) is 2. The number of aromatic amines is 1. The lowest BCUT2D eigenvalue weighted by molar-refractivity contribution is 0.288. The van der Waals surface area contributed by atoms with Crippen molar-refractivity contribution in [2.24, 2.45) is 5.92 Å². The van der Waals surface area contributed by atoms with Crippen LogP contribution in [0.3, 0.4) is 0 Å². The molecule has 0 aliphatic carbocycles. The zero-order valence-electron chi connectivity index (χ0n) is 10.9. The molecule has 18 heavy (non-hydrogen) atoms. The monoisotopic (exact) mass is 271 g/mol. The number of piperidine rings is 1. The molecule has 1 fully saturated rings. The first-order valence-electron chi connectivity index (χ1n) is 6.36. The van der Waals surface area contributed by atoms with E-state index in [0.29, 0.717) is 30.4 Å². The van der Waals surface area contributed by atoms with Crippen LogP contribution in [-0.2, 0) is 16.6 Å². The highest BCUT2D eigenvalue weighted by Crippen LogP contribution is 2.23. The maximum atomic E-state index is 12.4. The minimum Gasteiger partial charge on any atom is -0.363 e. The van der Waals surface area contributed by atoms with Crippen molar-refractivity contribution in [3.8, 4) is 0 Å². The van der Waals surface area contributed by atoms with Crippen molar-refractivity contribution >= 4 is 10.0 Å². The van der Waals surface area contributed by atoms with Crippen molar-refractivity contribution in [2.45, 2.75) is 31.2 Å². The zero-order chi connectivity index (χ0) is 13.2. The summed E-state index contributed by atoms with van der Waals surface area (Å²) in [5.74, 6) is 0.627. The van der Waals surface area contributed by atoms with Gasteiger partial charge >= 0.3 is 0 Å². The van der Waals surface area contributed by atoms with Gasteiger partial charge in [0.25, 0.3) is 0 Å². The van der Waals surface area contributed by atoms with E-state index in [4.69, 9.17) is 0 Å². The summed E-state index contributed by atoms with van der Waals surface area (Å²) < 4.78 is 26.4. The lowest BCUT2D eigenvalue weighted by Gasteiger charge is -2.28. The lowest BCUT2D eigenvalue weighted by atomic mass is 10.0. The Morgan fingerprint density at radius 2 is 2.11 bits per heavy atom. The van der Waals surface area contributed by atoms with Crippen LogP contribution in [0.2, 0.25) is 0 Å². The first kappa shape index (κ1) is 13.6. The molecule has 0 amide bonds. The smallest absolute Gasteiger partial charge is 0.244 e. The van der Waals surface area contributed by atoms with Crippen LogP contribution in [0.25, 0.3) is 0 Å². The molecular weight excluding hydrogens is 250 g/mol. The number of nitrogens with zero attached hydrogens (tertiary/aromatic N) is 1. The molecule has 2 rings (SSSR count). The molecule has 1 aromatic rings. The number of sulfonamides is 1. The molecule has 0 saturated carbocycles. The highest BCUT2D eigenvalue weighted by atomic mass is 32.2. The summed E-state index contributed by atoms with van der Waals surface area (Å²) in [6.07, 6.45) is 3.49. The second-order valence-electron chi connectivity index (χ2n) is 4.98. The van der Waals surface area contributed by atoms with E-state index in [1.54, 1.807) is 16.6 Å². The second kappa shape index (κ2) is 5.42. The predicted octanol–water partition coefficient (Wildman–Crippen LogP) is 1.15. The average molecular weight is 271 g/mol. The van der Waals surface area contributed by atoms with Gasteiger partial charge in [0.15, 0.2) is 0 Å². The molecular formula is C12H21N3O2S. The van der Waals surface area contributed by atoms with Crippen LogP contribution in [0.5, 0.6) is 0 Å². The van der Waals surface area contributed by atoms with E-state index in [9.17, 15) is 8.42 Å². The van der Waals surface area contributed by atoms with Crippen LogP contribution in [0.15, 0.2) is 17.2 Å². The van der Waals surface area contributed by atoms with Crippen LogP contribution in [0, 0.1) is 5.92 Å². The third kappa shape index (κ3) is 2.76. The van der Waals surface area contributed by atoms with Gasteiger partial charge in [-0.1, -0.05) is 6.92 Å². The normalized spacial score (nSPS) is 19.2. The van der Waals surface area contributed by atoms with Crippen LogP contribution in [0.1, 0.15) is 25.5 Å². The van der Waals surface area contributed by atoms with Crippen molar-refractivity contribution < 1.29 is 8.42 Å². The van der Waals surface area contributed by atoms with Crippen molar-refractivity contribution in [2.75, 3.05) is 20.1 Å². The highest BCUT2D eigenvalue weighted by Gasteiger charge is 2.28. The molecule has 102 valence electrons. The summed E-state index contributed by atoms with van der Waals surface area (Å²) >= 11 is 0. The maximum absolute atomic E-state index is 12.4. The Balaban J connectivity index is 2.14. The number of hydrogen-bond acceptors (Lipinski definition) is 3. The third-order valence-electron chi connectivity index (χ3n) is 3.46. The fourth-order valence-electron chi connectivity index (χ4n) is 2.23. The van der Waals surface area contributed by atoms with Crippen molar-refractivity contribution in [1.82, 2.24) is 14.6 Å². The summed E-state index contributed by atoms with van der Waals surface area (Å²) in [7, 11) is -1.47. The zero-order valence-corrected chi connectivity index (χ0v) is 11.8. The fourth-order valence-corrected chi connectivity index (χ4v) is 3.72. The summed E-state index contributed by atoms with van der Waals surface area (Å²) in [5, 5.41) is 2.99. The van der Waals surface area contributed by atoms with Crippen molar-refractivity contribution in [3.63, 3.8) is 0 Å². The first-order chi connectivity index (χ1) is 8.54. The van der Waals surface area contributed by atoms with E-state index < -0.39 is 10.0 Å². The van der Waals surface area contributed by atoms with E-state index in [0.717, 1.165) is 18.5 Å². The van der Waals surface area contributed by atoms with Gasteiger partial charge in [-0.15, -0.1) is 0 Å². The van der Waals surface area contributed by atoms with E-state index in [2.05, 4.69) is 17.2 Å². The van der Waals surface area contributed by atoms with Gasteiger partial charge in [0, 0.05) is 31.5 Å². The average Bonchev–Trinajstić information content (AvgIpc) is 2.79. The molecule has 0 bridgehead atoms. The van der Waals surface area contributed by atoms with E-state index in [1.807, 2.05) is 7.05 Å². The molecule has 0 unspecified atom stereocenters. The Hall–Kier alpha value is -0.850. The van der Waals surface area contributed by atoms with Gasteiger partial charge in [-0.05, 0) is 31.9 Å². The molecule has 1 aliphatic rings. The summed E-state index contributed by atoms with van der Waals surface area (Å²) in [5.41, 5.74) is 0.890. The number of H-pyrrole nitrogens is 1. The molecule has 1 saturated heterocycles. The summed E-state index contributed by atoms with van der Waals surface area (Å²) in [6.45, 7) is 4.09. The molecule has 2 heterocycles. The van der Waals surface area contributed by atoms with Gasteiger partial charge < -0.3 is 10.3 Å². The molecule has 0 atom stereocenters. The molecule has 1 aliphatic heterocycles. The van der Waals surface area contributed by atoms with Gasteiger partial charge in [0.2, 0.25) is 10.0 Å². The summed E-state index contributed by atoms with van der Waals surface area (Å²) in [4.78, 5) is 3.37. The maximum Gasteiger partial charge on any atom is 0.244 e. The first-order valence-corrected chi connectivity index (χ1v) is 7.80. The van der Waals surface area contributed by atoms with Crippen LogP contribution in [-0.4, -0.2) is 37.8 Å².